The van der Waals surface area contributed by atoms with E-state index in [1.165, 1.54) is 0 Å². The van der Waals surface area contributed by atoms with Gasteiger partial charge in [0, 0.05) is 25.7 Å². The quantitative estimate of drug-likeness (QED) is 0.791. The summed E-state index contributed by atoms with van der Waals surface area (Å²) in [5.74, 6) is 0.537. The van der Waals surface area contributed by atoms with Crippen LogP contribution in [0.15, 0.2) is 0 Å². The highest BCUT2D eigenvalue weighted by molar-refractivity contribution is 5.68. The minimum atomic E-state index is -0.431. The number of aliphatic hydroxyl groups is 1. The zero-order valence-electron chi connectivity index (χ0n) is 14.7. The maximum Gasteiger partial charge on any atom is 0.410 e. The largest absolute Gasteiger partial charge is 0.444 e. The van der Waals surface area contributed by atoms with Crippen molar-refractivity contribution in [2.45, 2.75) is 71.4 Å². The van der Waals surface area contributed by atoms with Gasteiger partial charge in [-0.3, -0.25) is 0 Å². The normalized spacial score (nSPS) is 21.3. The molecule has 0 bridgehead atoms. The summed E-state index contributed by atoms with van der Waals surface area (Å²) in [5, 5.41) is 12.7. The summed E-state index contributed by atoms with van der Waals surface area (Å²) >= 11 is 0. The van der Waals surface area contributed by atoms with Crippen molar-refractivity contribution in [3.05, 3.63) is 0 Å². The molecule has 1 saturated heterocycles. The van der Waals surface area contributed by atoms with Gasteiger partial charge in [-0.25, -0.2) is 4.79 Å². The Morgan fingerprint density at radius 2 is 2.09 bits per heavy atom. The molecule has 2 unspecified atom stereocenters. The van der Waals surface area contributed by atoms with Gasteiger partial charge < -0.3 is 20.1 Å². The smallest absolute Gasteiger partial charge is 0.410 e. The Hall–Kier alpha value is -0.810. The fraction of sp³-hybridized carbons (Fsp3) is 0.941. The Balaban J connectivity index is 2.37. The molecule has 1 fully saturated rings. The monoisotopic (exact) mass is 314 g/mol. The van der Waals surface area contributed by atoms with E-state index in [9.17, 15) is 4.79 Å². The Labute approximate surface area is 135 Å². The van der Waals surface area contributed by atoms with Crippen LogP contribution in [0.5, 0.6) is 0 Å². The zero-order valence-corrected chi connectivity index (χ0v) is 14.7. The second-order valence-corrected chi connectivity index (χ2v) is 7.29. The highest BCUT2D eigenvalue weighted by Crippen LogP contribution is 2.16. The van der Waals surface area contributed by atoms with Crippen LogP contribution in [0.3, 0.4) is 0 Å². The minimum absolute atomic E-state index is 0.195. The molecule has 1 rings (SSSR count). The fourth-order valence-corrected chi connectivity index (χ4v) is 2.78. The van der Waals surface area contributed by atoms with Crippen LogP contribution in [0.2, 0.25) is 0 Å². The van der Waals surface area contributed by atoms with Gasteiger partial charge in [-0.05, 0) is 58.9 Å². The van der Waals surface area contributed by atoms with Crippen LogP contribution in [0.25, 0.3) is 0 Å². The van der Waals surface area contributed by atoms with Gasteiger partial charge in [0.15, 0.2) is 0 Å². The van der Waals surface area contributed by atoms with Crippen LogP contribution >= 0.6 is 0 Å². The number of rotatable bonds is 6. The average molecular weight is 314 g/mol. The molecule has 5 heteroatoms. The van der Waals surface area contributed by atoms with Crippen LogP contribution < -0.4 is 5.32 Å². The number of hydrogen-bond acceptors (Lipinski definition) is 4. The van der Waals surface area contributed by atoms with Gasteiger partial charge in [0.05, 0.1) is 0 Å². The van der Waals surface area contributed by atoms with Gasteiger partial charge in [0.1, 0.15) is 5.60 Å². The maximum absolute atomic E-state index is 12.1. The van der Waals surface area contributed by atoms with E-state index >= 15 is 0 Å². The first kappa shape index (κ1) is 19.2. The number of nitrogens with zero attached hydrogens (tertiary/aromatic N) is 1. The van der Waals surface area contributed by atoms with Crippen molar-refractivity contribution in [1.29, 1.82) is 0 Å². The van der Waals surface area contributed by atoms with Gasteiger partial charge in [-0.2, -0.15) is 0 Å². The van der Waals surface area contributed by atoms with E-state index in [4.69, 9.17) is 9.84 Å². The van der Waals surface area contributed by atoms with E-state index in [0.717, 1.165) is 51.7 Å². The molecular formula is C17H34N2O3. The van der Waals surface area contributed by atoms with Crippen LogP contribution in [0.1, 0.15) is 59.8 Å². The second kappa shape index (κ2) is 9.36. The lowest BCUT2D eigenvalue weighted by molar-refractivity contribution is 0.0256. The third-order valence-electron chi connectivity index (χ3n) is 4.19. The molecule has 1 aliphatic rings. The molecule has 0 aliphatic carbocycles. The summed E-state index contributed by atoms with van der Waals surface area (Å²) in [6.45, 7) is 10.6. The van der Waals surface area contributed by atoms with Crippen molar-refractivity contribution >= 4 is 6.09 Å². The molecule has 1 amide bonds. The number of carbonyl (C=O) groups excluding carboxylic acids is 1. The number of amides is 1. The van der Waals surface area contributed by atoms with Crippen molar-refractivity contribution in [3.8, 4) is 0 Å². The lowest BCUT2D eigenvalue weighted by Crippen LogP contribution is -2.38. The first-order valence-corrected chi connectivity index (χ1v) is 8.68. The lowest BCUT2D eigenvalue weighted by Gasteiger charge is -2.26. The summed E-state index contributed by atoms with van der Waals surface area (Å²) in [6.07, 6.45) is 4.82. The van der Waals surface area contributed by atoms with Crippen LogP contribution in [-0.4, -0.2) is 54.0 Å². The van der Waals surface area contributed by atoms with E-state index in [-0.39, 0.29) is 12.7 Å². The number of nitrogens with one attached hydrogen (secondary N) is 1. The Morgan fingerprint density at radius 1 is 1.36 bits per heavy atom. The SMILES string of the molecule is CCC(CCO)CNC1CCCN(C(=O)OC(C)(C)C)CC1. The topological polar surface area (TPSA) is 61.8 Å². The Bertz CT molecular complexity index is 328. The van der Waals surface area contributed by atoms with Gasteiger partial charge in [-0.1, -0.05) is 13.3 Å². The first-order chi connectivity index (χ1) is 10.4. The number of carbonyl (C=O) groups is 1. The van der Waals surface area contributed by atoms with E-state index in [1.54, 1.807) is 0 Å². The Kier molecular flexibility index (Phi) is 8.18. The molecule has 5 nitrogen and oxygen atoms in total. The standard InChI is InChI=1S/C17H34N2O3/c1-5-14(9-12-20)13-18-15-7-6-10-19(11-8-15)16(21)22-17(2,3)4/h14-15,18,20H,5-13H2,1-4H3. The molecule has 1 aliphatic heterocycles. The lowest BCUT2D eigenvalue weighted by atomic mass is 10.0. The van der Waals surface area contributed by atoms with Crippen LogP contribution in [-0.2, 0) is 4.74 Å². The van der Waals surface area contributed by atoms with Crippen molar-refractivity contribution in [3.63, 3.8) is 0 Å². The van der Waals surface area contributed by atoms with Gasteiger partial charge in [0.2, 0.25) is 0 Å². The second-order valence-electron chi connectivity index (χ2n) is 7.29. The predicted molar refractivity (Wildman–Crippen MR) is 88.9 cm³/mol. The molecule has 2 atom stereocenters. The summed E-state index contributed by atoms with van der Waals surface area (Å²) in [6, 6.07) is 0.458. The summed E-state index contributed by atoms with van der Waals surface area (Å²) in [7, 11) is 0. The molecular weight excluding hydrogens is 280 g/mol. The molecule has 0 aromatic carbocycles. The first-order valence-electron chi connectivity index (χ1n) is 8.68. The molecule has 1 heterocycles. The number of likely N-dealkylation sites (tertiary alicyclic amines) is 1. The van der Waals surface area contributed by atoms with E-state index in [2.05, 4.69) is 12.2 Å². The van der Waals surface area contributed by atoms with Crippen molar-refractivity contribution in [2.75, 3.05) is 26.2 Å². The number of ether oxygens (including phenoxy) is 1. The highest BCUT2D eigenvalue weighted by Gasteiger charge is 2.25. The molecule has 2 N–H and O–H groups in total. The molecule has 0 spiro atoms. The van der Waals surface area contributed by atoms with Gasteiger partial charge >= 0.3 is 6.09 Å². The van der Waals surface area contributed by atoms with E-state index < -0.39 is 5.60 Å². The fourth-order valence-electron chi connectivity index (χ4n) is 2.78. The highest BCUT2D eigenvalue weighted by atomic mass is 16.6. The summed E-state index contributed by atoms with van der Waals surface area (Å²) in [5.41, 5.74) is -0.431. The zero-order chi connectivity index (χ0) is 16.6. The van der Waals surface area contributed by atoms with Crippen LogP contribution in [0.4, 0.5) is 4.79 Å². The molecule has 22 heavy (non-hydrogen) atoms. The average Bonchev–Trinajstić information content (AvgIpc) is 2.67. The third kappa shape index (κ3) is 7.45. The minimum Gasteiger partial charge on any atom is -0.444 e. The van der Waals surface area contributed by atoms with Crippen molar-refractivity contribution in [1.82, 2.24) is 10.2 Å². The number of aliphatic hydroxyl groups excluding tert-OH is 1. The van der Waals surface area contributed by atoms with E-state index in [1.807, 2.05) is 25.7 Å². The molecule has 130 valence electrons. The molecule has 0 radical (unpaired) electrons. The predicted octanol–water partition coefficient (Wildman–Crippen LogP) is 2.77. The van der Waals surface area contributed by atoms with E-state index in [0.29, 0.717) is 12.0 Å². The van der Waals surface area contributed by atoms with Gasteiger partial charge in [0.25, 0.3) is 0 Å². The van der Waals surface area contributed by atoms with Crippen LogP contribution in [0, 0.1) is 5.92 Å². The molecule has 0 aromatic rings. The number of hydrogen-bond donors (Lipinski definition) is 2. The van der Waals surface area contributed by atoms with Crippen molar-refractivity contribution < 1.29 is 14.6 Å². The summed E-state index contributed by atoms with van der Waals surface area (Å²) < 4.78 is 5.45. The maximum atomic E-state index is 12.1. The molecule has 0 saturated carbocycles. The summed E-state index contributed by atoms with van der Waals surface area (Å²) in [4.78, 5) is 14.0. The Morgan fingerprint density at radius 3 is 2.68 bits per heavy atom. The molecule has 0 aromatic heterocycles. The van der Waals surface area contributed by atoms with Crippen molar-refractivity contribution in [2.24, 2.45) is 5.92 Å². The van der Waals surface area contributed by atoms with Gasteiger partial charge in [-0.15, -0.1) is 0 Å². The third-order valence-corrected chi connectivity index (χ3v) is 4.19.